The van der Waals surface area contributed by atoms with E-state index in [0.29, 0.717) is 12.5 Å². The quantitative estimate of drug-likeness (QED) is 0.755. The lowest BCUT2D eigenvalue weighted by molar-refractivity contribution is 0.517. The molecular formula is C19H22N6O. The maximum atomic E-state index is 5.32. The Balaban J connectivity index is 1.52. The van der Waals surface area contributed by atoms with Crippen molar-refractivity contribution in [3.05, 3.63) is 48.3 Å². The molecule has 1 N–H and O–H groups in total. The van der Waals surface area contributed by atoms with Crippen molar-refractivity contribution in [1.82, 2.24) is 19.9 Å². The molecule has 7 nitrogen and oxygen atoms in total. The van der Waals surface area contributed by atoms with Crippen LogP contribution >= 0.6 is 0 Å². The van der Waals surface area contributed by atoms with Crippen LogP contribution in [0, 0.1) is 6.92 Å². The predicted octanol–water partition coefficient (Wildman–Crippen LogP) is 3.44. The van der Waals surface area contributed by atoms with Crippen molar-refractivity contribution in [3.8, 4) is 11.3 Å². The molecule has 3 aromatic heterocycles. The second-order valence-electron chi connectivity index (χ2n) is 6.42. The molecule has 1 saturated heterocycles. The molecule has 0 aromatic carbocycles. The van der Waals surface area contributed by atoms with Gasteiger partial charge in [-0.1, -0.05) is 0 Å². The van der Waals surface area contributed by atoms with Crippen LogP contribution in [-0.2, 0) is 6.54 Å². The van der Waals surface area contributed by atoms with Crippen LogP contribution in [0.5, 0.6) is 0 Å². The Morgan fingerprint density at radius 2 is 2.00 bits per heavy atom. The van der Waals surface area contributed by atoms with Gasteiger partial charge in [-0.15, -0.1) is 0 Å². The third-order valence-corrected chi connectivity index (χ3v) is 4.54. The minimum absolute atomic E-state index is 0.542. The maximum absolute atomic E-state index is 5.32. The van der Waals surface area contributed by atoms with Gasteiger partial charge in [0, 0.05) is 31.0 Å². The lowest BCUT2D eigenvalue weighted by Gasteiger charge is -2.26. The van der Waals surface area contributed by atoms with Crippen molar-refractivity contribution in [1.29, 1.82) is 0 Å². The van der Waals surface area contributed by atoms with Gasteiger partial charge in [-0.2, -0.15) is 0 Å². The van der Waals surface area contributed by atoms with E-state index in [2.05, 4.69) is 25.2 Å². The van der Waals surface area contributed by atoms with Gasteiger partial charge in [0.05, 0.1) is 24.2 Å². The van der Waals surface area contributed by atoms with E-state index in [0.717, 1.165) is 41.7 Å². The topological polar surface area (TPSA) is 80.0 Å². The van der Waals surface area contributed by atoms with Crippen molar-refractivity contribution in [2.24, 2.45) is 0 Å². The summed E-state index contributed by atoms with van der Waals surface area (Å²) in [6.45, 7) is 4.61. The van der Waals surface area contributed by atoms with Gasteiger partial charge in [-0.05, 0) is 44.4 Å². The first-order chi connectivity index (χ1) is 12.8. The normalized spacial score (nSPS) is 14.4. The number of anilines is 2. The van der Waals surface area contributed by atoms with E-state index in [-0.39, 0.29) is 0 Å². The molecule has 0 amide bonds. The monoisotopic (exact) mass is 350 g/mol. The van der Waals surface area contributed by atoms with Gasteiger partial charge in [-0.3, -0.25) is 0 Å². The van der Waals surface area contributed by atoms with Crippen LogP contribution in [0.3, 0.4) is 0 Å². The molecule has 0 spiro atoms. The smallest absolute Gasteiger partial charge is 0.225 e. The Kier molecular flexibility index (Phi) is 4.77. The highest BCUT2D eigenvalue weighted by Gasteiger charge is 2.15. The summed E-state index contributed by atoms with van der Waals surface area (Å²) in [5, 5.41) is 3.17. The highest BCUT2D eigenvalue weighted by atomic mass is 16.3. The van der Waals surface area contributed by atoms with Crippen LogP contribution < -0.4 is 10.2 Å². The average Bonchev–Trinajstić information content (AvgIpc) is 3.21. The van der Waals surface area contributed by atoms with Gasteiger partial charge in [0.2, 0.25) is 11.9 Å². The number of nitrogens with one attached hydrogen (secondary N) is 1. The van der Waals surface area contributed by atoms with Crippen molar-refractivity contribution < 1.29 is 4.42 Å². The molecule has 26 heavy (non-hydrogen) atoms. The summed E-state index contributed by atoms with van der Waals surface area (Å²) in [5.74, 6) is 2.21. The molecule has 3 aromatic rings. The van der Waals surface area contributed by atoms with E-state index in [9.17, 15) is 0 Å². The van der Waals surface area contributed by atoms with Crippen molar-refractivity contribution in [3.63, 3.8) is 0 Å². The highest BCUT2D eigenvalue weighted by Crippen LogP contribution is 2.23. The number of aryl methyl sites for hydroxylation is 1. The number of piperidine rings is 1. The molecule has 0 bridgehead atoms. The zero-order chi connectivity index (χ0) is 17.8. The fraction of sp³-hybridized carbons (Fsp3) is 0.368. The summed E-state index contributed by atoms with van der Waals surface area (Å²) < 4.78 is 5.32. The summed E-state index contributed by atoms with van der Waals surface area (Å²) >= 11 is 0. The first-order valence-electron chi connectivity index (χ1n) is 8.98. The van der Waals surface area contributed by atoms with Crippen molar-refractivity contribution in [2.75, 3.05) is 23.3 Å². The van der Waals surface area contributed by atoms with E-state index in [1.54, 1.807) is 12.5 Å². The van der Waals surface area contributed by atoms with Gasteiger partial charge in [0.1, 0.15) is 5.76 Å². The van der Waals surface area contributed by atoms with Crippen LogP contribution in [0.4, 0.5) is 11.9 Å². The molecule has 0 aliphatic carbocycles. The minimum atomic E-state index is 0.542. The Labute approximate surface area is 152 Å². The molecule has 0 saturated carbocycles. The number of hydrogen-bond donors (Lipinski definition) is 1. The van der Waals surface area contributed by atoms with Crippen LogP contribution in [0.2, 0.25) is 0 Å². The third kappa shape index (κ3) is 3.66. The van der Waals surface area contributed by atoms with Crippen molar-refractivity contribution >= 4 is 11.9 Å². The SMILES string of the molecule is Cc1nc(N2CCCCC2)ncc1-c1ccnc(NCc2ccco2)n1. The van der Waals surface area contributed by atoms with Crippen molar-refractivity contribution in [2.45, 2.75) is 32.7 Å². The molecule has 1 fully saturated rings. The second kappa shape index (κ2) is 7.51. The molecule has 0 radical (unpaired) electrons. The molecule has 4 rings (SSSR count). The zero-order valence-corrected chi connectivity index (χ0v) is 14.9. The molecule has 4 heterocycles. The Morgan fingerprint density at radius 1 is 1.12 bits per heavy atom. The van der Waals surface area contributed by atoms with Gasteiger partial charge < -0.3 is 14.6 Å². The Bertz CT molecular complexity index is 858. The van der Waals surface area contributed by atoms with Gasteiger partial charge in [0.25, 0.3) is 0 Å². The fourth-order valence-electron chi connectivity index (χ4n) is 3.13. The van der Waals surface area contributed by atoms with Crippen LogP contribution in [-0.4, -0.2) is 33.0 Å². The van der Waals surface area contributed by atoms with E-state index in [1.807, 2.05) is 31.3 Å². The largest absolute Gasteiger partial charge is 0.467 e. The van der Waals surface area contributed by atoms with Crippen LogP contribution in [0.1, 0.15) is 30.7 Å². The van der Waals surface area contributed by atoms with E-state index >= 15 is 0 Å². The summed E-state index contributed by atoms with van der Waals surface area (Å²) in [6, 6.07) is 5.65. The molecule has 7 heteroatoms. The van der Waals surface area contributed by atoms with Crippen LogP contribution in [0.25, 0.3) is 11.3 Å². The van der Waals surface area contributed by atoms with Gasteiger partial charge in [0.15, 0.2) is 0 Å². The zero-order valence-electron chi connectivity index (χ0n) is 14.9. The summed E-state index contributed by atoms with van der Waals surface area (Å²) in [5.41, 5.74) is 2.66. The Morgan fingerprint density at radius 3 is 2.77 bits per heavy atom. The number of furan rings is 1. The number of nitrogens with zero attached hydrogens (tertiary/aromatic N) is 5. The lowest BCUT2D eigenvalue weighted by atomic mass is 10.1. The predicted molar refractivity (Wildman–Crippen MR) is 99.9 cm³/mol. The second-order valence-corrected chi connectivity index (χ2v) is 6.42. The molecule has 134 valence electrons. The first kappa shape index (κ1) is 16.5. The van der Waals surface area contributed by atoms with Crippen LogP contribution in [0.15, 0.2) is 41.3 Å². The summed E-state index contributed by atoms with van der Waals surface area (Å²) in [6.07, 6.45) is 8.97. The lowest BCUT2D eigenvalue weighted by Crippen LogP contribution is -2.31. The van der Waals surface area contributed by atoms with Gasteiger partial charge >= 0.3 is 0 Å². The van der Waals surface area contributed by atoms with E-state index in [1.165, 1.54) is 19.3 Å². The molecule has 1 aliphatic heterocycles. The standard InChI is InChI=1S/C19H22N6O/c1-14-16(13-22-19(23-14)25-9-3-2-4-10-25)17-7-8-20-18(24-17)21-12-15-6-5-11-26-15/h5-8,11,13H,2-4,9-10,12H2,1H3,(H,20,21,24). The van der Waals surface area contributed by atoms with E-state index < -0.39 is 0 Å². The molecule has 1 aliphatic rings. The minimum Gasteiger partial charge on any atom is -0.467 e. The Hall–Kier alpha value is -2.96. The molecule has 0 atom stereocenters. The first-order valence-corrected chi connectivity index (χ1v) is 8.98. The third-order valence-electron chi connectivity index (χ3n) is 4.54. The maximum Gasteiger partial charge on any atom is 0.225 e. The molecular weight excluding hydrogens is 328 g/mol. The van der Waals surface area contributed by atoms with Gasteiger partial charge in [-0.25, -0.2) is 19.9 Å². The highest BCUT2D eigenvalue weighted by molar-refractivity contribution is 5.62. The average molecular weight is 350 g/mol. The summed E-state index contributed by atoms with van der Waals surface area (Å²) in [4.78, 5) is 20.4. The fourth-order valence-corrected chi connectivity index (χ4v) is 3.13. The number of aromatic nitrogens is 4. The van der Waals surface area contributed by atoms with E-state index in [4.69, 9.17) is 9.40 Å². The number of hydrogen-bond acceptors (Lipinski definition) is 7. The number of rotatable bonds is 5. The summed E-state index contributed by atoms with van der Waals surface area (Å²) in [7, 11) is 0. The molecule has 0 unspecified atom stereocenters.